The van der Waals surface area contributed by atoms with Crippen LogP contribution in [0.5, 0.6) is 0 Å². The molecule has 1 aromatic heterocycles. The summed E-state index contributed by atoms with van der Waals surface area (Å²) in [5.41, 5.74) is 7.52. The number of nitrogens with zero attached hydrogens (tertiary/aromatic N) is 3. The third kappa shape index (κ3) is 4.19. The Labute approximate surface area is 143 Å². The van der Waals surface area contributed by atoms with E-state index in [2.05, 4.69) is 25.8 Å². The van der Waals surface area contributed by atoms with Crippen molar-refractivity contribution in [1.29, 1.82) is 0 Å². The van der Waals surface area contributed by atoms with Gasteiger partial charge in [0.15, 0.2) is 0 Å². The first-order chi connectivity index (χ1) is 11.1. The number of hydrogen-bond donors (Lipinski definition) is 1. The largest absolute Gasteiger partial charge is 0.383 e. The average molecular weight is 379 g/mol. The van der Waals surface area contributed by atoms with Crippen molar-refractivity contribution in [2.24, 2.45) is 0 Å². The van der Waals surface area contributed by atoms with E-state index in [4.69, 9.17) is 10.5 Å². The molecular formula is C16H19BrN4O2. The van der Waals surface area contributed by atoms with E-state index < -0.39 is 0 Å². The van der Waals surface area contributed by atoms with Gasteiger partial charge in [-0.2, -0.15) is 4.98 Å². The highest BCUT2D eigenvalue weighted by Crippen LogP contribution is 2.14. The molecule has 0 saturated carbocycles. The highest BCUT2D eigenvalue weighted by molar-refractivity contribution is 9.10. The molecule has 0 atom stereocenters. The summed E-state index contributed by atoms with van der Waals surface area (Å²) >= 11 is 3.44. The molecule has 0 bridgehead atoms. The van der Waals surface area contributed by atoms with Gasteiger partial charge in [0.25, 0.3) is 0 Å². The Morgan fingerprint density at radius 2 is 2.04 bits per heavy atom. The van der Waals surface area contributed by atoms with Crippen LogP contribution in [0.15, 0.2) is 39.7 Å². The van der Waals surface area contributed by atoms with Crippen LogP contribution in [0.1, 0.15) is 11.1 Å². The second kappa shape index (κ2) is 7.25. The van der Waals surface area contributed by atoms with Crippen LogP contribution < -0.4 is 11.4 Å². The molecule has 0 spiro atoms. The summed E-state index contributed by atoms with van der Waals surface area (Å²) in [6.07, 6.45) is 1.82. The average Bonchev–Trinajstić information content (AvgIpc) is 2.53. The lowest BCUT2D eigenvalue weighted by atomic mass is 10.2. The summed E-state index contributed by atoms with van der Waals surface area (Å²) in [5.74, 6) is 0.312. The predicted molar refractivity (Wildman–Crippen MR) is 92.2 cm³/mol. The van der Waals surface area contributed by atoms with E-state index >= 15 is 0 Å². The molecular weight excluding hydrogens is 360 g/mol. The first kappa shape index (κ1) is 16.2. The second-order valence-electron chi connectivity index (χ2n) is 5.58. The van der Waals surface area contributed by atoms with E-state index in [0.717, 1.165) is 41.9 Å². The SMILES string of the molecule is Nc1nc(=O)n(Cc2cccc(Br)c2)cc1CN1CCOCC1. The van der Waals surface area contributed by atoms with Crippen molar-refractivity contribution in [3.05, 3.63) is 56.5 Å². The third-order valence-corrected chi connectivity index (χ3v) is 4.34. The van der Waals surface area contributed by atoms with Gasteiger partial charge in [-0.1, -0.05) is 28.1 Å². The van der Waals surface area contributed by atoms with Crippen LogP contribution in [0, 0.1) is 0 Å². The van der Waals surface area contributed by atoms with Gasteiger partial charge < -0.3 is 10.5 Å². The summed E-state index contributed by atoms with van der Waals surface area (Å²) in [5, 5.41) is 0. The fraction of sp³-hybridized carbons (Fsp3) is 0.375. The molecule has 2 aromatic rings. The molecule has 23 heavy (non-hydrogen) atoms. The van der Waals surface area contributed by atoms with Crippen molar-refractivity contribution in [3.8, 4) is 0 Å². The number of halogens is 1. The number of nitrogen functional groups attached to an aromatic ring is 1. The van der Waals surface area contributed by atoms with Crippen LogP contribution in [0.3, 0.4) is 0 Å². The summed E-state index contributed by atoms with van der Waals surface area (Å²) in [6.45, 7) is 4.34. The minimum absolute atomic E-state index is 0.312. The van der Waals surface area contributed by atoms with Gasteiger partial charge in [-0.25, -0.2) is 4.79 Å². The number of morpholine rings is 1. The van der Waals surface area contributed by atoms with E-state index in [9.17, 15) is 4.79 Å². The molecule has 2 N–H and O–H groups in total. The number of anilines is 1. The molecule has 1 aliphatic heterocycles. The van der Waals surface area contributed by atoms with E-state index in [0.29, 0.717) is 18.9 Å². The zero-order valence-corrected chi connectivity index (χ0v) is 14.3. The topological polar surface area (TPSA) is 73.4 Å². The quantitative estimate of drug-likeness (QED) is 0.871. The number of nitrogens with two attached hydrogens (primary N) is 1. The normalized spacial score (nSPS) is 15.7. The Kier molecular flexibility index (Phi) is 5.09. The number of aromatic nitrogens is 2. The van der Waals surface area contributed by atoms with Crippen molar-refractivity contribution in [2.75, 3.05) is 32.0 Å². The number of rotatable bonds is 4. The molecule has 1 aliphatic rings. The highest BCUT2D eigenvalue weighted by atomic mass is 79.9. The summed E-state index contributed by atoms with van der Waals surface area (Å²) in [4.78, 5) is 18.3. The summed E-state index contributed by atoms with van der Waals surface area (Å²) in [7, 11) is 0. The molecule has 7 heteroatoms. The second-order valence-corrected chi connectivity index (χ2v) is 6.50. The molecule has 0 radical (unpaired) electrons. The van der Waals surface area contributed by atoms with Crippen LogP contribution in [0.2, 0.25) is 0 Å². The van der Waals surface area contributed by atoms with Gasteiger partial charge in [0.2, 0.25) is 0 Å². The van der Waals surface area contributed by atoms with Gasteiger partial charge >= 0.3 is 5.69 Å². The lowest BCUT2D eigenvalue weighted by Gasteiger charge is -2.27. The van der Waals surface area contributed by atoms with Crippen molar-refractivity contribution in [1.82, 2.24) is 14.5 Å². The standard InChI is InChI=1S/C16H19BrN4O2/c17-14-3-1-2-12(8-14)9-21-11-13(15(18)19-16(21)22)10-20-4-6-23-7-5-20/h1-3,8,11H,4-7,9-10H2,(H2,18,19,22). The Morgan fingerprint density at radius 1 is 1.26 bits per heavy atom. The molecule has 0 unspecified atom stereocenters. The van der Waals surface area contributed by atoms with E-state index in [1.165, 1.54) is 0 Å². The predicted octanol–water partition coefficient (Wildman–Crippen LogP) is 1.47. The van der Waals surface area contributed by atoms with E-state index in [1.807, 2.05) is 30.5 Å². The van der Waals surface area contributed by atoms with Crippen molar-refractivity contribution >= 4 is 21.7 Å². The number of hydrogen-bond acceptors (Lipinski definition) is 5. The Bertz CT molecular complexity index is 741. The van der Waals surface area contributed by atoms with Gasteiger partial charge in [0.05, 0.1) is 19.8 Å². The molecule has 3 rings (SSSR count). The van der Waals surface area contributed by atoms with E-state index in [-0.39, 0.29) is 5.69 Å². The molecule has 2 heterocycles. The fourth-order valence-electron chi connectivity index (χ4n) is 2.62. The number of ether oxygens (including phenoxy) is 1. The van der Waals surface area contributed by atoms with Gasteiger partial charge in [-0.05, 0) is 17.7 Å². The van der Waals surface area contributed by atoms with E-state index in [1.54, 1.807) is 4.57 Å². The molecule has 122 valence electrons. The first-order valence-corrected chi connectivity index (χ1v) is 8.31. The van der Waals surface area contributed by atoms with Crippen molar-refractivity contribution in [3.63, 3.8) is 0 Å². The van der Waals surface area contributed by atoms with Crippen molar-refractivity contribution < 1.29 is 4.74 Å². The minimum Gasteiger partial charge on any atom is -0.383 e. The molecule has 1 saturated heterocycles. The van der Waals surface area contributed by atoms with Crippen LogP contribution in [-0.4, -0.2) is 40.8 Å². The lowest BCUT2D eigenvalue weighted by molar-refractivity contribution is 0.0341. The molecule has 6 nitrogen and oxygen atoms in total. The molecule has 0 amide bonds. The smallest absolute Gasteiger partial charge is 0.349 e. The summed E-state index contributed by atoms with van der Waals surface area (Å²) < 4.78 is 7.94. The van der Waals surface area contributed by atoms with Crippen molar-refractivity contribution in [2.45, 2.75) is 13.1 Å². The Morgan fingerprint density at radius 3 is 2.78 bits per heavy atom. The van der Waals surface area contributed by atoms with Gasteiger partial charge in [0.1, 0.15) is 5.82 Å². The third-order valence-electron chi connectivity index (χ3n) is 3.84. The maximum atomic E-state index is 12.1. The van der Waals surface area contributed by atoms with Crippen LogP contribution >= 0.6 is 15.9 Å². The summed E-state index contributed by atoms with van der Waals surface area (Å²) in [6, 6.07) is 7.88. The molecule has 0 aliphatic carbocycles. The van der Waals surface area contributed by atoms with Gasteiger partial charge in [0, 0.05) is 35.9 Å². The zero-order chi connectivity index (χ0) is 16.2. The monoisotopic (exact) mass is 378 g/mol. The highest BCUT2D eigenvalue weighted by Gasteiger charge is 2.14. The molecule has 1 fully saturated rings. The molecule has 1 aromatic carbocycles. The van der Waals surface area contributed by atoms with Gasteiger partial charge in [-0.15, -0.1) is 0 Å². The van der Waals surface area contributed by atoms with Crippen LogP contribution in [-0.2, 0) is 17.8 Å². The van der Waals surface area contributed by atoms with Crippen LogP contribution in [0.25, 0.3) is 0 Å². The Hall–Kier alpha value is -1.70. The maximum Gasteiger partial charge on any atom is 0.349 e. The van der Waals surface area contributed by atoms with Gasteiger partial charge in [-0.3, -0.25) is 9.47 Å². The lowest BCUT2D eigenvalue weighted by Crippen LogP contribution is -2.36. The fourth-order valence-corrected chi connectivity index (χ4v) is 3.06. The minimum atomic E-state index is -0.326. The first-order valence-electron chi connectivity index (χ1n) is 7.52. The Balaban J connectivity index is 1.82. The maximum absolute atomic E-state index is 12.1. The zero-order valence-electron chi connectivity index (χ0n) is 12.7. The number of benzene rings is 1. The van der Waals surface area contributed by atoms with Crippen LogP contribution in [0.4, 0.5) is 5.82 Å².